The van der Waals surface area contributed by atoms with Crippen LogP contribution in [0.1, 0.15) is 16.7 Å². The second-order valence-electron chi connectivity index (χ2n) is 7.40. The Bertz CT molecular complexity index is 1530. The van der Waals surface area contributed by atoms with Gasteiger partial charge in [-0.25, -0.2) is 4.79 Å². The molecule has 2 aromatic heterocycles. The highest BCUT2D eigenvalue weighted by molar-refractivity contribution is 6.30. The zero-order valence-electron chi connectivity index (χ0n) is 18.0. The number of hydrogen-bond acceptors (Lipinski definition) is 6. The molecule has 0 atom stereocenters. The summed E-state index contributed by atoms with van der Waals surface area (Å²) in [6, 6.07) is 16.1. The van der Waals surface area contributed by atoms with Gasteiger partial charge in [0.2, 0.25) is 5.88 Å². The Hall–Kier alpha value is -3.93. The smallest absolute Gasteiger partial charge is 0.332 e. The topological polar surface area (TPSA) is 116 Å². The molecule has 4 rings (SSSR count). The molecular weight excluding hydrogens is 442 g/mol. The lowest BCUT2D eigenvalue weighted by Gasteiger charge is -2.18. The van der Waals surface area contributed by atoms with Gasteiger partial charge >= 0.3 is 5.69 Å². The molecule has 33 heavy (non-hydrogen) atoms. The predicted molar refractivity (Wildman–Crippen MR) is 126 cm³/mol. The SMILES string of the molecule is COc1nc2c(c(-c3ccc(Cl)cc3C#N)c1CN)c(=O)n(Cc1ccccc1)c(=O)n2C. The molecule has 0 fully saturated rings. The number of halogens is 1. The van der Waals surface area contributed by atoms with E-state index in [0.29, 0.717) is 21.7 Å². The van der Waals surface area contributed by atoms with Gasteiger partial charge in [-0.1, -0.05) is 48.0 Å². The lowest BCUT2D eigenvalue weighted by molar-refractivity contribution is 0.394. The average molecular weight is 462 g/mol. The maximum Gasteiger partial charge on any atom is 0.332 e. The molecule has 0 amide bonds. The largest absolute Gasteiger partial charge is 0.481 e. The zero-order chi connectivity index (χ0) is 23.7. The van der Waals surface area contributed by atoms with Crippen LogP contribution in [0.25, 0.3) is 22.2 Å². The van der Waals surface area contributed by atoms with E-state index in [-0.39, 0.29) is 35.6 Å². The third-order valence-electron chi connectivity index (χ3n) is 5.49. The van der Waals surface area contributed by atoms with Crippen LogP contribution >= 0.6 is 11.6 Å². The number of ether oxygens (including phenoxy) is 1. The molecule has 0 radical (unpaired) electrons. The lowest BCUT2D eigenvalue weighted by Crippen LogP contribution is -2.40. The zero-order valence-corrected chi connectivity index (χ0v) is 18.8. The molecule has 2 heterocycles. The third-order valence-corrected chi connectivity index (χ3v) is 5.72. The van der Waals surface area contributed by atoms with Gasteiger partial charge in [0.05, 0.1) is 30.7 Å². The molecule has 0 aliphatic heterocycles. The number of nitrogens with zero attached hydrogens (tertiary/aromatic N) is 4. The van der Waals surface area contributed by atoms with Crippen LogP contribution in [-0.2, 0) is 20.1 Å². The van der Waals surface area contributed by atoms with Gasteiger partial charge in [-0.05, 0) is 17.7 Å². The van der Waals surface area contributed by atoms with Crippen molar-refractivity contribution in [3.63, 3.8) is 0 Å². The molecule has 2 aromatic carbocycles. The van der Waals surface area contributed by atoms with Gasteiger partial charge in [-0.3, -0.25) is 13.9 Å². The van der Waals surface area contributed by atoms with E-state index >= 15 is 0 Å². The fourth-order valence-corrected chi connectivity index (χ4v) is 4.09. The Morgan fingerprint density at radius 2 is 1.91 bits per heavy atom. The highest BCUT2D eigenvalue weighted by Gasteiger charge is 2.24. The lowest BCUT2D eigenvalue weighted by atomic mass is 9.94. The summed E-state index contributed by atoms with van der Waals surface area (Å²) in [6.45, 7) is 0.0767. The first-order chi connectivity index (χ1) is 15.9. The first-order valence-electron chi connectivity index (χ1n) is 10.1. The molecule has 166 valence electrons. The van der Waals surface area contributed by atoms with Gasteiger partial charge in [-0.15, -0.1) is 0 Å². The molecule has 0 spiro atoms. The van der Waals surface area contributed by atoms with Crippen molar-refractivity contribution in [1.29, 1.82) is 5.26 Å². The Morgan fingerprint density at radius 1 is 1.18 bits per heavy atom. The highest BCUT2D eigenvalue weighted by atomic mass is 35.5. The molecule has 0 unspecified atom stereocenters. The second kappa shape index (κ2) is 8.90. The number of aromatic nitrogens is 3. The van der Waals surface area contributed by atoms with Gasteiger partial charge in [0.25, 0.3) is 5.56 Å². The summed E-state index contributed by atoms with van der Waals surface area (Å²) in [5.74, 6) is 0.175. The minimum absolute atomic E-state index is 0.00406. The van der Waals surface area contributed by atoms with E-state index in [1.165, 1.54) is 24.8 Å². The number of methoxy groups -OCH3 is 1. The Morgan fingerprint density at radius 3 is 2.55 bits per heavy atom. The van der Waals surface area contributed by atoms with Gasteiger partial charge in [0.1, 0.15) is 0 Å². The quantitative estimate of drug-likeness (QED) is 0.488. The van der Waals surface area contributed by atoms with Crippen molar-refractivity contribution < 1.29 is 4.74 Å². The van der Waals surface area contributed by atoms with Crippen molar-refractivity contribution >= 4 is 22.6 Å². The first-order valence-corrected chi connectivity index (χ1v) is 10.4. The summed E-state index contributed by atoms with van der Waals surface area (Å²) in [7, 11) is 2.97. The molecule has 2 N–H and O–H groups in total. The third kappa shape index (κ3) is 3.78. The van der Waals surface area contributed by atoms with Crippen LogP contribution in [0.5, 0.6) is 5.88 Å². The van der Waals surface area contributed by atoms with E-state index in [1.54, 1.807) is 12.1 Å². The Kier molecular flexibility index (Phi) is 6.01. The number of pyridine rings is 1. The summed E-state index contributed by atoms with van der Waals surface area (Å²) < 4.78 is 7.89. The van der Waals surface area contributed by atoms with Gasteiger partial charge in [0.15, 0.2) is 5.65 Å². The van der Waals surface area contributed by atoms with Crippen LogP contribution in [0.15, 0.2) is 58.1 Å². The Balaban J connectivity index is 2.19. The van der Waals surface area contributed by atoms with E-state index in [2.05, 4.69) is 11.1 Å². The molecule has 0 saturated heterocycles. The van der Waals surface area contributed by atoms with E-state index in [9.17, 15) is 14.9 Å². The van der Waals surface area contributed by atoms with Gasteiger partial charge < -0.3 is 10.5 Å². The van der Waals surface area contributed by atoms with Crippen LogP contribution in [0.4, 0.5) is 0 Å². The molecule has 0 saturated carbocycles. The summed E-state index contributed by atoms with van der Waals surface area (Å²) in [6.07, 6.45) is 0. The molecule has 0 aliphatic rings. The van der Waals surface area contributed by atoms with Crippen LogP contribution in [0.3, 0.4) is 0 Å². The number of nitriles is 1. The standard InChI is InChI=1S/C24H20ClN5O3/c1-29-21-20(23(31)30(24(29)32)13-14-6-4-3-5-7-14)19(18(12-27)22(28-21)33-2)17-9-8-16(25)10-15(17)11-26/h3-10H,12-13,27H2,1-2H3. The average Bonchev–Trinajstić information content (AvgIpc) is 2.84. The Labute approximate surface area is 194 Å². The van der Waals surface area contributed by atoms with Crippen LogP contribution in [0, 0.1) is 11.3 Å². The van der Waals surface area contributed by atoms with Crippen LogP contribution in [-0.4, -0.2) is 21.2 Å². The van der Waals surface area contributed by atoms with Crippen molar-refractivity contribution in [2.45, 2.75) is 13.1 Å². The van der Waals surface area contributed by atoms with Crippen molar-refractivity contribution in [3.05, 3.63) is 91.1 Å². The van der Waals surface area contributed by atoms with E-state index in [4.69, 9.17) is 22.1 Å². The van der Waals surface area contributed by atoms with Crippen molar-refractivity contribution in [3.8, 4) is 23.1 Å². The number of fused-ring (bicyclic) bond motifs is 1. The van der Waals surface area contributed by atoms with Crippen molar-refractivity contribution in [2.24, 2.45) is 12.8 Å². The molecule has 0 bridgehead atoms. The summed E-state index contributed by atoms with van der Waals surface area (Å²) in [4.78, 5) is 31.3. The van der Waals surface area contributed by atoms with Crippen molar-refractivity contribution in [1.82, 2.24) is 14.1 Å². The van der Waals surface area contributed by atoms with Gasteiger partial charge in [0, 0.05) is 35.3 Å². The van der Waals surface area contributed by atoms with Crippen molar-refractivity contribution in [2.75, 3.05) is 7.11 Å². The fraction of sp³-hybridized carbons (Fsp3) is 0.167. The minimum atomic E-state index is -0.532. The summed E-state index contributed by atoms with van der Waals surface area (Å²) >= 11 is 6.10. The van der Waals surface area contributed by atoms with E-state index < -0.39 is 11.2 Å². The number of nitrogens with two attached hydrogens (primary N) is 1. The summed E-state index contributed by atoms with van der Waals surface area (Å²) in [5, 5.41) is 10.3. The van der Waals surface area contributed by atoms with E-state index in [1.807, 2.05) is 30.3 Å². The van der Waals surface area contributed by atoms with Crippen LogP contribution < -0.4 is 21.7 Å². The summed E-state index contributed by atoms with van der Waals surface area (Å²) in [5.41, 5.74) is 7.49. The molecular formula is C24H20ClN5O3. The number of benzene rings is 2. The molecule has 8 nitrogen and oxygen atoms in total. The number of hydrogen-bond donors (Lipinski definition) is 1. The predicted octanol–water partition coefficient (Wildman–Crippen LogP) is 2.80. The molecule has 9 heteroatoms. The number of aryl methyl sites for hydroxylation is 1. The number of rotatable bonds is 5. The fourth-order valence-electron chi connectivity index (χ4n) is 3.92. The van der Waals surface area contributed by atoms with E-state index in [0.717, 1.165) is 10.1 Å². The monoisotopic (exact) mass is 461 g/mol. The maximum atomic E-state index is 13.8. The van der Waals surface area contributed by atoms with Crippen LogP contribution in [0.2, 0.25) is 5.02 Å². The highest BCUT2D eigenvalue weighted by Crippen LogP contribution is 2.36. The normalized spacial score (nSPS) is 10.9. The molecule has 0 aliphatic carbocycles. The van der Waals surface area contributed by atoms with Gasteiger partial charge in [-0.2, -0.15) is 10.2 Å². The first kappa shape index (κ1) is 22.3. The second-order valence-corrected chi connectivity index (χ2v) is 7.83. The maximum absolute atomic E-state index is 13.8. The molecule has 4 aromatic rings. The minimum Gasteiger partial charge on any atom is -0.481 e.